The first-order chi connectivity index (χ1) is 17.3. The van der Waals surface area contributed by atoms with Crippen molar-refractivity contribution in [1.82, 2.24) is 4.90 Å². The van der Waals surface area contributed by atoms with Crippen LogP contribution in [0.15, 0.2) is 77.7 Å². The summed E-state index contributed by atoms with van der Waals surface area (Å²) in [5.74, 6) is -1.64. The second kappa shape index (κ2) is 11.1. The fourth-order valence-corrected chi connectivity index (χ4v) is 4.34. The number of aromatic carboxylic acids is 1. The summed E-state index contributed by atoms with van der Waals surface area (Å²) < 4.78 is 5.88. The molecule has 1 aliphatic rings. The molecule has 4 rings (SSSR count). The fourth-order valence-electron chi connectivity index (χ4n) is 3.32. The number of para-hydroxylation sites is 1. The quantitative estimate of drug-likeness (QED) is 0.386. The van der Waals surface area contributed by atoms with Gasteiger partial charge in [0.15, 0.2) is 0 Å². The number of hydrogen-bond acceptors (Lipinski definition) is 6. The first-order valence-electron chi connectivity index (χ1n) is 10.6. The van der Waals surface area contributed by atoms with Gasteiger partial charge in [-0.25, -0.2) is 4.79 Å². The molecule has 0 unspecified atom stereocenters. The summed E-state index contributed by atoms with van der Waals surface area (Å²) in [6.07, 6.45) is 1.54. The van der Waals surface area contributed by atoms with Gasteiger partial charge in [0.25, 0.3) is 11.1 Å². The van der Waals surface area contributed by atoms with E-state index in [1.54, 1.807) is 66.7 Å². The number of carboxylic acids is 1. The number of benzene rings is 3. The summed E-state index contributed by atoms with van der Waals surface area (Å²) in [6.45, 7) is -0.255. The number of ether oxygens (including phenoxy) is 1. The van der Waals surface area contributed by atoms with E-state index in [4.69, 9.17) is 21.4 Å². The average Bonchev–Trinajstić information content (AvgIpc) is 3.11. The molecule has 3 aromatic carbocycles. The normalized spacial score (nSPS) is 14.2. The van der Waals surface area contributed by atoms with Crippen molar-refractivity contribution in [3.63, 3.8) is 0 Å². The molecule has 182 valence electrons. The minimum atomic E-state index is -1.01. The number of hydrogen-bond donors (Lipinski definition) is 2. The van der Waals surface area contributed by atoms with E-state index < -0.39 is 29.6 Å². The summed E-state index contributed by atoms with van der Waals surface area (Å²) in [7, 11) is 0. The number of rotatable bonds is 8. The van der Waals surface area contributed by atoms with Gasteiger partial charge >= 0.3 is 5.97 Å². The standard InChI is InChI=1S/C26H19ClN2O6S/c27-19-5-3-6-20(13-19)28-23(30)14-29-24(31)22(36-26(29)34)12-18-4-1-2-7-21(18)35-15-16-8-10-17(11-9-16)25(32)33/h1-13H,14-15H2,(H,28,30)(H,32,33)/b22-12-. The topological polar surface area (TPSA) is 113 Å². The second-order valence-electron chi connectivity index (χ2n) is 7.65. The molecular formula is C26H19ClN2O6S. The number of nitrogens with one attached hydrogen (secondary N) is 1. The predicted octanol–water partition coefficient (Wildman–Crippen LogP) is 5.29. The van der Waals surface area contributed by atoms with Crippen molar-refractivity contribution in [1.29, 1.82) is 0 Å². The van der Waals surface area contributed by atoms with E-state index in [0.29, 0.717) is 22.0 Å². The van der Waals surface area contributed by atoms with E-state index in [1.807, 2.05) is 0 Å². The van der Waals surface area contributed by atoms with Gasteiger partial charge in [-0.1, -0.05) is 48.0 Å². The Balaban J connectivity index is 1.43. The van der Waals surface area contributed by atoms with Crippen molar-refractivity contribution < 1.29 is 29.0 Å². The average molecular weight is 523 g/mol. The molecule has 2 N–H and O–H groups in total. The van der Waals surface area contributed by atoms with E-state index in [2.05, 4.69) is 5.32 Å². The van der Waals surface area contributed by atoms with Crippen molar-refractivity contribution in [3.05, 3.63) is 99.4 Å². The van der Waals surface area contributed by atoms with Gasteiger partial charge in [0, 0.05) is 16.3 Å². The third kappa shape index (κ3) is 6.12. The Morgan fingerprint density at radius 2 is 1.78 bits per heavy atom. The summed E-state index contributed by atoms with van der Waals surface area (Å²) in [5.41, 5.74) is 1.98. The molecule has 36 heavy (non-hydrogen) atoms. The summed E-state index contributed by atoms with van der Waals surface area (Å²) >= 11 is 6.66. The molecule has 10 heteroatoms. The fraction of sp³-hybridized carbons (Fsp3) is 0.0769. The highest BCUT2D eigenvalue weighted by molar-refractivity contribution is 8.18. The lowest BCUT2D eigenvalue weighted by atomic mass is 10.1. The summed E-state index contributed by atoms with van der Waals surface area (Å²) in [4.78, 5) is 49.8. The van der Waals surface area contributed by atoms with Crippen LogP contribution in [0.4, 0.5) is 10.5 Å². The molecule has 0 atom stereocenters. The number of carboxylic acid groups (broad SMARTS) is 1. The maximum absolute atomic E-state index is 12.9. The zero-order chi connectivity index (χ0) is 25.7. The molecule has 1 heterocycles. The van der Waals surface area contributed by atoms with Gasteiger partial charge in [-0.2, -0.15) is 0 Å². The Bertz CT molecular complexity index is 1370. The Morgan fingerprint density at radius 1 is 1.03 bits per heavy atom. The number of nitrogens with zero attached hydrogens (tertiary/aromatic N) is 1. The molecule has 8 nitrogen and oxygen atoms in total. The van der Waals surface area contributed by atoms with Gasteiger partial charge in [0.05, 0.1) is 10.5 Å². The molecule has 1 aliphatic heterocycles. The maximum atomic E-state index is 12.9. The molecule has 0 radical (unpaired) electrons. The number of thioether (sulfide) groups is 1. The van der Waals surface area contributed by atoms with Crippen LogP contribution in [0, 0.1) is 0 Å². The second-order valence-corrected chi connectivity index (χ2v) is 9.08. The van der Waals surface area contributed by atoms with Crippen molar-refractivity contribution in [2.75, 3.05) is 11.9 Å². The first kappa shape index (κ1) is 25.0. The molecule has 3 amide bonds. The van der Waals surface area contributed by atoms with Crippen LogP contribution in [0.3, 0.4) is 0 Å². The number of imide groups is 1. The van der Waals surface area contributed by atoms with E-state index in [1.165, 1.54) is 12.1 Å². The monoisotopic (exact) mass is 522 g/mol. The van der Waals surface area contributed by atoms with Crippen LogP contribution in [0.25, 0.3) is 6.08 Å². The van der Waals surface area contributed by atoms with Crippen molar-refractivity contribution in [3.8, 4) is 5.75 Å². The van der Waals surface area contributed by atoms with Crippen molar-refractivity contribution >= 4 is 58.1 Å². The highest BCUT2D eigenvalue weighted by Gasteiger charge is 2.36. The molecule has 0 saturated carbocycles. The lowest BCUT2D eigenvalue weighted by Gasteiger charge is -2.12. The van der Waals surface area contributed by atoms with Gasteiger partial charge < -0.3 is 15.2 Å². The Kier molecular flexibility index (Phi) is 7.72. The highest BCUT2D eigenvalue weighted by atomic mass is 35.5. The smallest absolute Gasteiger partial charge is 0.335 e. The molecule has 0 spiro atoms. The summed E-state index contributed by atoms with van der Waals surface area (Å²) in [6, 6.07) is 19.8. The van der Waals surface area contributed by atoms with Crippen LogP contribution in [0.1, 0.15) is 21.5 Å². The minimum absolute atomic E-state index is 0.164. The van der Waals surface area contributed by atoms with Crippen LogP contribution in [-0.4, -0.2) is 39.6 Å². The maximum Gasteiger partial charge on any atom is 0.335 e. The van der Waals surface area contributed by atoms with Gasteiger partial charge in [-0.15, -0.1) is 0 Å². The molecule has 3 aromatic rings. The third-order valence-corrected chi connectivity index (χ3v) is 6.23. The molecule has 1 saturated heterocycles. The molecule has 0 aliphatic carbocycles. The van der Waals surface area contributed by atoms with E-state index in [0.717, 1.165) is 22.2 Å². The van der Waals surface area contributed by atoms with Gasteiger partial charge in [-0.3, -0.25) is 19.3 Å². The first-order valence-corrected chi connectivity index (χ1v) is 11.8. The van der Waals surface area contributed by atoms with Crippen LogP contribution in [0.5, 0.6) is 5.75 Å². The number of carbonyl (C=O) groups is 4. The van der Waals surface area contributed by atoms with Crippen LogP contribution in [-0.2, 0) is 16.2 Å². The molecular weight excluding hydrogens is 504 g/mol. The number of halogens is 1. The van der Waals surface area contributed by atoms with Gasteiger partial charge in [-0.05, 0) is 59.8 Å². The number of amides is 3. The molecule has 1 fully saturated rings. The Hall–Kier alpha value is -4.08. The Morgan fingerprint density at radius 3 is 2.50 bits per heavy atom. The Labute approximate surface area is 215 Å². The number of carbonyl (C=O) groups excluding carboxylic acids is 3. The van der Waals surface area contributed by atoms with E-state index in [9.17, 15) is 19.2 Å². The number of anilines is 1. The van der Waals surface area contributed by atoms with Crippen molar-refractivity contribution in [2.24, 2.45) is 0 Å². The lowest BCUT2D eigenvalue weighted by molar-refractivity contribution is -0.127. The van der Waals surface area contributed by atoms with Crippen molar-refractivity contribution in [2.45, 2.75) is 6.61 Å². The van der Waals surface area contributed by atoms with Gasteiger partial charge in [0.2, 0.25) is 5.91 Å². The predicted molar refractivity (Wildman–Crippen MR) is 137 cm³/mol. The zero-order valence-corrected chi connectivity index (χ0v) is 20.2. The molecule has 0 aromatic heterocycles. The van der Waals surface area contributed by atoms with Crippen LogP contribution >= 0.6 is 23.4 Å². The van der Waals surface area contributed by atoms with E-state index >= 15 is 0 Å². The third-order valence-electron chi connectivity index (χ3n) is 5.08. The SMILES string of the molecule is O=C(CN1C(=O)S/C(=C\c2ccccc2OCc2ccc(C(=O)O)cc2)C1=O)Nc1cccc(Cl)c1. The zero-order valence-electron chi connectivity index (χ0n) is 18.6. The summed E-state index contributed by atoms with van der Waals surface area (Å²) in [5, 5.41) is 11.5. The van der Waals surface area contributed by atoms with Crippen LogP contribution < -0.4 is 10.1 Å². The highest BCUT2D eigenvalue weighted by Crippen LogP contribution is 2.34. The van der Waals surface area contributed by atoms with Gasteiger partial charge in [0.1, 0.15) is 18.9 Å². The van der Waals surface area contributed by atoms with E-state index in [-0.39, 0.29) is 17.1 Å². The lowest BCUT2D eigenvalue weighted by Crippen LogP contribution is -2.36. The van der Waals surface area contributed by atoms with Crippen LogP contribution in [0.2, 0.25) is 5.02 Å². The minimum Gasteiger partial charge on any atom is -0.488 e. The molecule has 0 bridgehead atoms. The largest absolute Gasteiger partial charge is 0.488 e.